The third kappa shape index (κ3) is 4.69. The van der Waals surface area contributed by atoms with Crippen LogP contribution in [0.2, 0.25) is 0 Å². The van der Waals surface area contributed by atoms with Crippen molar-refractivity contribution in [2.45, 2.75) is 38.3 Å². The highest BCUT2D eigenvalue weighted by Crippen LogP contribution is 2.35. The van der Waals surface area contributed by atoms with Crippen LogP contribution < -0.4 is 5.32 Å². The SMILES string of the molecule is CC(O)(C(=O)Nc1ccc(S(=O)(=O)c2ccccc2)c(S(=O)(=O)c2ccccc2)c1)C(F)(F)F. The van der Waals surface area contributed by atoms with Gasteiger partial charge in [0.15, 0.2) is 0 Å². The van der Waals surface area contributed by atoms with Crippen LogP contribution in [0.5, 0.6) is 0 Å². The van der Waals surface area contributed by atoms with Gasteiger partial charge in [0.25, 0.3) is 5.91 Å². The lowest BCUT2D eigenvalue weighted by Crippen LogP contribution is -2.52. The summed E-state index contributed by atoms with van der Waals surface area (Å²) in [6.45, 7) is 0.234. The van der Waals surface area contributed by atoms with E-state index in [-0.39, 0.29) is 16.7 Å². The summed E-state index contributed by atoms with van der Waals surface area (Å²) in [5.41, 5.74) is -4.24. The second-order valence-electron chi connectivity index (χ2n) is 7.32. The second kappa shape index (κ2) is 8.85. The van der Waals surface area contributed by atoms with Crippen LogP contribution in [0.3, 0.4) is 0 Å². The average Bonchev–Trinajstić information content (AvgIpc) is 2.79. The van der Waals surface area contributed by atoms with Crippen LogP contribution in [0.4, 0.5) is 18.9 Å². The highest BCUT2D eigenvalue weighted by Gasteiger charge is 2.55. The highest BCUT2D eigenvalue weighted by molar-refractivity contribution is 7.94. The predicted molar refractivity (Wildman–Crippen MR) is 116 cm³/mol. The highest BCUT2D eigenvalue weighted by atomic mass is 32.2. The summed E-state index contributed by atoms with van der Waals surface area (Å²) in [7, 11) is -8.88. The molecule has 1 amide bonds. The molecule has 3 aromatic carbocycles. The van der Waals surface area contributed by atoms with E-state index < -0.39 is 52.8 Å². The smallest absolute Gasteiger partial charge is 0.373 e. The molecule has 0 saturated heterocycles. The van der Waals surface area contributed by atoms with Crippen LogP contribution in [0.1, 0.15) is 6.92 Å². The van der Waals surface area contributed by atoms with Gasteiger partial charge in [0.05, 0.1) is 19.6 Å². The van der Waals surface area contributed by atoms with Gasteiger partial charge in [-0.1, -0.05) is 36.4 Å². The number of nitrogens with one attached hydrogen (secondary N) is 1. The molecule has 0 spiro atoms. The lowest BCUT2D eigenvalue weighted by atomic mass is 10.1. The van der Waals surface area contributed by atoms with E-state index in [0.717, 1.165) is 18.2 Å². The van der Waals surface area contributed by atoms with Crippen molar-refractivity contribution in [2.75, 3.05) is 5.32 Å². The molecule has 0 heterocycles. The third-order valence-electron chi connectivity index (χ3n) is 4.88. The summed E-state index contributed by atoms with van der Waals surface area (Å²) in [4.78, 5) is 10.2. The number of sulfone groups is 2. The zero-order valence-electron chi connectivity index (χ0n) is 17.4. The molecule has 0 saturated carbocycles. The second-order valence-corrected chi connectivity index (χ2v) is 11.2. The maximum absolute atomic E-state index is 13.3. The summed E-state index contributed by atoms with van der Waals surface area (Å²) < 4.78 is 92.1. The van der Waals surface area contributed by atoms with E-state index in [1.807, 2.05) is 0 Å². The number of hydrogen-bond donors (Lipinski definition) is 2. The Morgan fingerprint density at radius 2 is 1.21 bits per heavy atom. The van der Waals surface area contributed by atoms with Gasteiger partial charge >= 0.3 is 6.18 Å². The predicted octanol–water partition coefficient (Wildman–Crippen LogP) is 3.60. The van der Waals surface area contributed by atoms with Gasteiger partial charge in [-0.2, -0.15) is 13.2 Å². The standard InChI is InChI=1S/C22H18F3NO6S2/c1-21(28,22(23,24)25)20(27)26-15-12-13-18(33(29,30)16-8-4-2-5-9-16)19(14-15)34(31,32)17-10-6-3-7-11-17/h2-14,28H,1H3,(H,26,27). The Labute approximate surface area is 193 Å². The van der Waals surface area contributed by atoms with Crippen molar-refractivity contribution in [2.24, 2.45) is 0 Å². The number of aliphatic hydroxyl groups is 1. The molecule has 0 fully saturated rings. The summed E-state index contributed by atoms with van der Waals surface area (Å²) in [5.74, 6) is -1.87. The number of rotatable bonds is 6. The number of carbonyl (C=O) groups is 1. The molecule has 34 heavy (non-hydrogen) atoms. The van der Waals surface area contributed by atoms with Crippen molar-refractivity contribution in [1.29, 1.82) is 0 Å². The fourth-order valence-corrected chi connectivity index (χ4v) is 6.24. The number of alkyl halides is 3. The first kappa shape index (κ1) is 25.4. The first-order valence-corrected chi connectivity index (χ1v) is 12.5. The summed E-state index contributed by atoms with van der Waals surface area (Å²) >= 11 is 0. The summed E-state index contributed by atoms with van der Waals surface area (Å²) in [6.07, 6.45) is -5.31. The van der Waals surface area contributed by atoms with Crippen molar-refractivity contribution in [3.05, 3.63) is 78.9 Å². The van der Waals surface area contributed by atoms with Gasteiger partial charge in [-0.25, -0.2) is 16.8 Å². The fraction of sp³-hybridized carbons (Fsp3) is 0.136. The molecule has 0 aromatic heterocycles. The molecular weight excluding hydrogens is 495 g/mol. The molecule has 7 nitrogen and oxygen atoms in total. The van der Waals surface area contributed by atoms with Crippen LogP contribution in [-0.2, 0) is 24.5 Å². The maximum Gasteiger partial charge on any atom is 0.426 e. The lowest BCUT2D eigenvalue weighted by molar-refractivity contribution is -0.242. The van der Waals surface area contributed by atoms with E-state index >= 15 is 0 Å². The summed E-state index contributed by atoms with van der Waals surface area (Å²) in [6, 6.07) is 16.3. The molecule has 0 radical (unpaired) electrons. The molecule has 0 aliphatic rings. The normalized spacial score (nSPS) is 14.3. The number of benzene rings is 3. The first-order valence-electron chi connectivity index (χ1n) is 9.54. The van der Waals surface area contributed by atoms with E-state index in [4.69, 9.17) is 0 Å². The topological polar surface area (TPSA) is 118 Å². The Morgan fingerprint density at radius 3 is 1.65 bits per heavy atom. The zero-order chi connectivity index (χ0) is 25.4. The largest absolute Gasteiger partial charge is 0.426 e. The van der Waals surface area contributed by atoms with Crippen molar-refractivity contribution >= 4 is 31.3 Å². The van der Waals surface area contributed by atoms with E-state index in [1.54, 1.807) is 11.4 Å². The van der Waals surface area contributed by atoms with E-state index in [9.17, 15) is 39.9 Å². The van der Waals surface area contributed by atoms with E-state index in [0.29, 0.717) is 0 Å². The number of carbonyl (C=O) groups excluding carboxylic acids is 1. The molecule has 180 valence electrons. The Morgan fingerprint density at radius 1 is 0.765 bits per heavy atom. The number of halogens is 3. The van der Waals surface area contributed by atoms with Gasteiger partial charge in [-0.15, -0.1) is 0 Å². The van der Waals surface area contributed by atoms with Gasteiger partial charge in [-0.05, 0) is 49.4 Å². The van der Waals surface area contributed by atoms with Crippen molar-refractivity contribution in [3.63, 3.8) is 0 Å². The molecule has 12 heteroatoms. The average molecular weight is 514 g/mol. The molecule has 3 aromatic rings. The van der Waals surface area contributed by atoms with Crippen molar-refractivity contribution in [3.8, 4) is 0 Å². The van der Waals surface area contributed by atoms with E-state index in [1.165, 1.54) is 54.6 Å². The van der Waals surface area contributed by atoms with Gasteiger partial charge in [-0.3, -0.25) is 4.79 Å². The minimum Gasteiger partial charge on any atom is -0.373 e. The van der Waals surface area contributed by atoms with Gasteiger partial charge in [0, 0.05) is 5.69 Å². The van der Waals surface area contributed by atoms with Crippen LogP contribution in [0, 0.1) is 0 Å². The number of hydrogen-bond acceptors (Lipinski definition) is 6. The van der Waals surface area contributed by atoms with Crippen molar-refractivity contribution in [1.82, 2.24) is 0 Å². The first-order chi connectivity index (χ1) is 15.7. The van der Waals surface area contributed by atoms with Crippen LogP contribution >= 0.6 is 0 Å². The number of anilines is 1. The molecule has 0 bridgehead atoms. The molecule has 0 aliphatic carbocycles. The van der Waals surface area contributed by atoms with Gasteiger partial charge < -0.3 is 10.4 Å². The maximum atomic E-state index is 13.3. The quantitative estimate of drug-likeness (QED) is 0.520. The number of amides is 1. The van der Waals surface area contributed by atoms with Gasteiger partial charge in [0.2, 0.25) is 25.3 Å². The minimum absolute atomic E-state index is 0.212. The molecule has 1 unspecified atom stereocenters. The van der Waals surface area contributed by atoms with Crippen LogP contribution in [0.15, 0.2) is 98.4 Å². The van der Waals surface area contributed by atoms with Gasteiger partial charge in [0.1, 0.15) is 0 Å². The molecule has 0 aliphatic heterocycles. The van der Waals surface area contributed by atoms with E-state index in [2.05, 4.69) is 0 Å². The zero-order valence-corrected chi connectivity index (χ0v) is 19.1. The summed E-state index contributed by atoms with van der Waals surface area (Å²) in [5, 5.41) is 11.4. The fourth-order valence-electron chi connectivity index (χ4n) is 2.85. The Kier molecular flexibility index (Phi) is 6.62. The minimum atomic E-state index is -5.31. The Bertz CT molecular complexity index is 1420. The molecule has 2 N–H and O–H groups in total. The van der Waals surface area contributed by atoms with Crippen LogP contribution in [-0.4, -0.2) is 39.6 Å². The van der Waals surface area contributed by atoms with Crippen molar-refractivity contribution < 1.29 is 39.9 Å². The Hall–Kier alpha value is -3.22. The molecule has 1 atom stereocenters. The van der Waals surface area contributed by atoms with Crippen LogP contribution in [0.25, 0.3) is 0 Å². The molecular formula is C22H18F3NO6S2. The molecule has 3 rings (SSSR count). The lowest BCUT2D eigenvalue weighted by Gasteiger charge is -2.25. The third-order valence-corrected chi connectivity index (χ3v) is 8.65. The monoisotopic (exact) mass is 513 g/mol. The Balaban J connectivity index is 2.20.